The van der Waals surface area contributed by atoms with Gasteiger partial charge in [-0.15, -0.1) is 0 Å². The van der Waals surface area contributed by atoms with Crippen molar-refractivity contribution >= 4 is 33.6 Å². The van der Waals surface area contributed by atoms with Gasteiger partial charge in [-0.25, -0.2) is 4.79 Å². The van der Waals surface area contributed by atoms with Crippen LogP contribution in [0.3, 0.4) is 0 Å². The first-order valence-electron chi connectivity index (χ1n) is 9.26. The predicted octanol–water partition coefficient (Wildman–Crippen LogP) is 4.28. The van der Waals surface area contributed by atoms with E-state index >= 15 is 0 Å². The van der Waals surface area contributed by atoms with Crippen molar-refractivity contribution in [3.63, 3.8) is 0 Å². The highest BCUT2D eigenvalue weighted by Crippen LogP contribution is 2.31. The van der Waals surface area contributed by atoms with Crippen molar-refractivity contribution in [2.45, 2.75) is 45.8 Å². The van der Waals surface area contributed by atoms with Crippen molar-refractivity contribution in [2.75, 3.05) is 6.61 Å². The maximum Gasteiger partial charge on any atom is 0.326 e. The molecule has 28 heavy (non-hydrogen) atoms. The second-order valence-corrected chi connectivity index (χ2v) is 7.83. The molecule has 148 valence electrons. The number of amides is 1. The Morgan fingerprint density at radius 3 is 2.54 bits per heavy atom. The maximum absolute atomic E-state index is 12.7. The number of benzene rings is 2. The fraction of sp³-hybridized carbons (Fsp3) is 0.364. The molecule has 1 heterocycles. The zero-order valence-electron chi connectivity index (χ0n) is 16.5. The molecule has 0 radical (unpaired) electrons. The van der Waals surface area contributed by atoms with Crippen LogP contribution in [0.15, 0.2) is 40.8 Å². The van der Waals surface area contributed by atoms with Crippen LogP contribution in [0.25, 0.3) is 21.7 Å². The van der Waals surface area contributed by atoms with Gasteiger partial charge in [0.1, 0.15) is 11.6 Å². The normalized spacial score (nSPS) is 13.0. The van der Waals surface area contributed by atoms with Crippen LogP contribution in [-0.2, 0) is 9.53 Å². The van der Waals surface area contributed by atoms with E-state index in [1.807, 2.05) is 57.2 Å². The molecule has 0 fully saturated rings. The van der Waals surface area contributed by atoms with Gasteiger partial charge in [0, 0.05) is 29.4 Å². The van der Waals surface area contributed by atoms with Gasteiger partial charge < -0.3 is 19.6 Å². The Bertz CT molecular complexity index is 1030. The Morgan fingerprint density at radius 2 is 1.86 bits per heavy atom. The number of ether oxygens (including phenoxy) is 1. The van der Waals surface area contributed by atoms with Crippen molar-refractivity contribution in [3.8, 4) is 0 Å². The lowest BCUT2D eigenvalue weighted by Gasteiger charge is -2.21. The number of carbonyl (C=O) groups is 2. The summed E-state index contributed by atoms with van der Waals surface area (Å²) < 4.78 is 11.5. The largest absolute Gasteiger partial charge is 0.480 e. The van der Waals surface area contributed by atoms with Crippen molar-refractivity contribution in [2.24, 2.45) is 0 Å². The summed E-state index contributed by atoms with van der Waals surface area (Å²) in [5.74, 6) is -1.51. The Hall–Kier alpha value is -2.86. The molecule has 6 nitrogen and oxygen atoms in total. The fourth-order valence-corrected chi connectivity index (χ4v) is 3.13. The topological polar surface area (TPSA) is 88.8 Å². The molecule has 0 aliphatic heterocycles. The van der Waals surface area contributed by atoms with E-state index in [0.29, 0.717) is 11.1 Å². The molecule has 1 aromatic heterocycles. The number of aliphatic carboxylic acids is 1. The molecule has 0 aliphatic carbocycles. The lowest BCUT2D eigenvalue weighted by atomic mass is 10.1. The number of rotatable bonds is 6. The van der Waals surface area contributed by atoms with Gasteiger partial charge in [0.15, 0.2) is 5.76 Å². The van der Waals surface area contributed by atoms with Gasteiger partial charge in [0.2, 0.25) is 0 Å². The van der Waals surface area contributed by atoms with Crippen molar-refractivity contribution in [3.05, 3.63) is 47.7 Å². The van der Waals surface area contributed by atoms with Crippen LogP contribution < -0.4 is 5.32 Å². The number of hydrogen-bond acceptors (Lipinski definition) is 4. The molecule has 3 rings (SSSR count). The standard InChI is InChI=1S/C22H25NO5/c1-13-15-10-9-14-7-5-6-8-16(14)19(15)28-18(13)20(24)23-17(21(25)26)11-12-27-22(2,3)4/h5-10,17H,11-12H2,1-4H3,(H,23,24)(H,25,26). The number of furan rings is 1. The highest BCUT2D eigenvalue weighted by molar-refractivity contribution is 6.09. The summed E-state index contributed by atoms with van der Waals surface area (Å²) >= 11 is 0. The van der Waals surface area contributed by atoms with E-state index in [2.05, 4.69) is 5.32 Å². The molecular weight excluding hydrogens is 358 g/mol. The summed E-state index contributed by atoms with van der Waals surface area (Å²) in [4.78, 5) is 24.3. The minimum atomic E-state index is -1.11. The first-order chi connectivity index (χ1) is 13.2. The Balaban J connectivity index is 1.84. The smallest absolute Gasteiger partial charge is 0.326 e. The third-order valence-corrected chi connectivity index (χ3v) is 4.58. The molecule has 0 bridgehead atoms. The zero-order valence-corrected chi connectivity index (χ0v) is 16.5. The summed E-state index contributed by atoms with van der Waals surface area (Å²) in [5.41, 5.74) is 0.945. The van der Waals surface area contributed by atoms with E-state index in [9.17, 15) is 14.7 Å². The lowest BCUT2D eigenvalue weighted by molar-refractivity contribution is -0.140. The average Bonchev–Trinajstić information content (AvgIpc) is 2.97. The summed E-state index contributed by atoms with van der Waals surface area (Å²) in [7, 11) is 0. The summed E-state index contributed by atoms with van der Waals surface area (Å²) in [6, 6.07) is 10.6. The van der Waals surface area contributed by atoms with Gasteiger partial charge in [-0.3, -0.25) is 4.79 Å². The zero-order chi connectivity index (χ0) is 20.5. The van der Waals surface area contributed by atoms with Gasteiger partial charge in [0.25, 0.3) is 5.91 Å². The van der Waals surface area contributed by atoms with Crippen LogP contribution in [0.2, 0.25) is 0 Å². The monoisotopic (exact) mass is 383 g/mol. The van der Waals surface area contributed by atoms with Crippen LogP contribution in [0, 0.1) is 6.92 Å². The molecule has 1 atom stereocenters. The van der Waals surface area contributed by atoms with E-state index < -0.39 is 17.9 Å². The minimum absolute atomic E-state index is 0.134. The Kier molecular flexibility index (Phi) is 5.42. The second-order valence-electron chi connectivity index (χ2n) is 7.83. The highest BCUT2D eigenvalue weighted by atomic mass is 16.5. The van der Waals surface area contributed by atoms with Gasteiger partial charge >= 0.3 is 5.97 Å². The van der Waals surface area contributed by atoms with E-state index in [1.54, 1.807) is 6.92 Å². The van der Waals surface area contributed by atoms with Gasteiger partial charge in [-0.2, -0.15) is 0 Å². The van der Waals surface area contributed by atoms with Gasteiger partial charge in [-0.05, 0) is 33.1 Å². The molecule has 0 saturated heterocycles. The average molecular weight is 383 g/mol. The molecule has 3 aromatic rings. The lowest BCUT2D eigenvalue weighted by Crippen LogP contribution is -2.42. The maximum atomic E-state index is 12.7. The van der Waals surface area contributed by atoms with Crippen molar-refractivity contribution < 1.29 is 23.8 Å². The number of carboxylic acids is 1. The quantitative estimate of drug-likeness (QED) is 0.663. The Labute approximate surface area is 163 Å². The summed E-state index contributed by atoms with van der Waals surface area (Å²) in [5, 5.41) is 14.8. The highest BCUT2D eigenvalue weighted by Gasteiger charge is 2.25. The third-order valence-electron chi connectivity index (χ3n) is 4.58. The molecule has 1 amide bonds. The number of carbonyl (C=O) groups excluding carboxylic acids is 1. The second kappa shape index (κ2) is 7.64. The number of fused-ring (bicyclic) bond motifs is 3. The summed E-state index contributed by atoms with van der Waals surface area (Å²) in [6.07, 6.45) is 0.167. The van der Waals surface area contributed by atoms with Gasteiger partial charge in [-0.1, -0.05) is 36.4 Å². The predicted molar refractivity (Wildman–Crippen MR) is 108 cm³/mol. The molecule has 6 heteroatoms. The SMILES string of the molecule is Cc1c(C(=O)NC(CCOC(C)(C)C)C(=O)O)oc2c1ccc1ccccc12. The molecule has 2 N–H and O–H groups in total. The van der Waals surface area contributed by atoms with Crippen molar-refractivity contribution in [1.29, 1.82) is 0 Å². The van der Waals surface area contributed by atoms with Crippen LogP contribution in [0.4, 0.5) is 0 Å². The number of aryl methyl sites for hydroxylation is 1. The number of nitrogens with one attached hydrogen (secondary N) is 1. The molecular formula is C22H25NO5. The minimum Gasteiger partial charge on any atom is -0.480 e. The number of carboxylic acid groups (broad SMARTS) is 1. The van der Waals surface area contributed by atoms with E-state index in [0.717, 1.165) is 16.2 Å². The van der Waals surface area contributed by atoms with Crippen LogP contribution in [-0.4, -0.2) is 35.2 Å². The van der Waals surface area contributed by atoms with E-state index in [4.69, 9.17) is 9.15 Å². The first kappa shape index (κ1) is 19.9. The van der Waals surface area contributed by atoms with Crippen LogP contribution in [0.5, 0.6) is 0 Å². The Morgan fingerprint density at radius 1 is 1.14 bits per heavy atom. The molecule has 1 unspecified atom stereocenters. The van der Waals surface area contributed by atoms with Crippen LogP contribution >= 0.6 is 0 Å². The molecule has 2 aromatic carbocycles. The first-order valence-corrected chi connectivity index (χ1v) is 9.26. The van der Waals surface area contributed by atoms with Gasteiger partial charge in [0.05, 0.1) is 5.60 Å². The van der Waals surface area contributed by atoms with E-state index in [-0.39, 0.29) is 24.4 Å². The van der Waals surface area contributed by atoms with Crippen LogP contribution in [0.1, 0.15) is 43.3 Å². The van der Waals surface area contributed by atoms with E-state index in [1.165, 1.54) is 0 Å². The molecule has 0 saturated carbocycles. The molecule has 0 spiro atoms. The van der Waals surface area contributed by atoms with Crippen molar-refractivity contribution in [1.82, 2.24) is 5.32 Å². The molecule has 0 aliphatic rings. The number of hydrogen-bond donors (Lipinski definition) is 2. The fourth-order valence-electron chi connectivity index (χ4n) is 3.13. The third kappa shape index (κ3) is 4.17. The summed E-state index contributed by atoms with van der Waals surface area (Å²) in [6.45, 7) is 7.70.